The minimum absolute atomic E-state index is 0.118. The number of aryl methyl sites for hydroxylation is 1. The van der Waals surface area contributed by atoms with Gasteiger partial charge in [-0.1, -0.05) is 19.0 Å². The molecule has 1 aliphatic heterocycles. The van der Waals surface area contributed by atoms with Crippen LogP contribution in [0.25, 0.3) is 0 Å². The first kappa shape index (κ1) is 17.8. The lowest BCUT2D eigenvalue weighted by molar-refractivity contribution is 0.184. The van der Waals surface area contributed by atoms with E-state index in [4.69, 9.17) is 4.52 Å². The maximum Gasteiger partial charge on any atom is 0.229 e. The second kappa shape index (κ2) is 7.49. The van der Waals surface area contributed by atoms with Gasteiger partial charge in [-0.15, -0.1) is 0 Å². The van der Waals surface area contributed by atoms with Crippen molar-refractivity contribution in [2.24, 2.45) is 0 Å². The minimum atomic E-state index is -0.118. The van der Waals surface area contributed by atoms with E-state index >= 15 is 0 Å². The van der Waals surface area contributed by atoms with Gasteiger partial charge in [0.2, 0.25) is 5.89 Å². The zero-order valence-electron chi connectivity index (χ0n) is 15.1. The molecule has 0 amide bonds. The Kier molecular flexibility index (Phi) is 5.34. The van der Waals surface area contributed by atoms with Crippen molar-refractivity contribution in [2.45, 2.75) is 58.6 Å². The Hall–Kier alpha value is -1.99. The van der Waals surface area contributed by atoms with E-state index in [2.05, 4.69) is 33.9 Å². The summed E-state index contributed by atoms with van der Waals surface area (Å²) in [4.78, 5) is 10.9. The van der Waals surface area contributed by atoms with Crippen molar-refractivity contribution in [1.29, 1.82) is 0 Å². The van der Waals surface area contributed by atoms with Crippen LogP contribution in [0.4, 0.5) is 0 Å². The monoisotopic (exact) mass is 346 g/mol. The minimum Gasteiger partial charge on any atom is -0.506 e. The summed E-state index contributed by atoms with van der Waals surface area (Å²) in [6.45, 7) is 8.14. The topological polar surface area (TPSA) is 95.5 Å². The maximum absolute atomic E-state index is 10.3. The molecule has 0 bridgehead atoms. The molecule has 3 heterocycles. The van der Waals surface area contributed by atoms with Gasteiger partial charge in [0.1, 0.15) is 5.75 Å². The van der Waals surface area contributed by atoms with E-state index in [1.807, 2.05) is 0 Å². The average Bonchev–Trinajstić information content (AvgIpc) is 3.10. The van der Waals surface area contributed by atoms with Crippen LogP contribution in [0, 0.1) is 6.92 Å². The zero-order valence-corrected chi connectivity index (χ0v) is 15.1. The van der Waals surface area contributed by atoms with E-state index in [0.717, 1.165) is 43.2 Å². The number of rotatable bonds is 5. The predicted molar refractivity (Wildman–Crippen MR) is 92.2 cm³/mol. The number of nitrogens with zero attached hydrogens (tertiary/aromatic N) is 4. The van der Waals surface area contributed by atoms with Crippen molar-refractivity contribution in [3.8, 4) is 5.75 Å². The molecule has 0 aromatic carbocycles. The molecule has 136 valence electrons. The molecule has 1 fully saturated rings. The van der Waals surface area contributed by atoms with Crippen LogP contribution >= 0.6 is 0 Å². The lowest BCUT2D eigenvalue weighted by Gasteiger charge is -2.31. The number of hydrogen-bond donors (Lipinski definition) is 2. The third kappa shape index (κ3) is 3.82. The highest BCUT2D eigenvalue weighted by Gasteiger charge is 2.26. The molecule has 3 rings (SSSR count). The first-order valence-electron chi connectivity index (χ1n) is 8.82. The summed E-state index contributed by atoms with van der Waals surface area (Å²) in [7, 11) is 0. The van der Waals surface area contributed by atoms with Crippen molar-refractivity contribution in [1.82, 2.24) is 20.0 Å². The molecule has 7 heteroatoms. The third-order valence-corrected chi connectivity index (χ3v) is 4.89. The Bertz CT molecular complexity index is 721. The van der Waals surface area contributed by atoms with Crippen molar-refractivity contribution >= 4 is 0 Å². The molecule has 0 saturated carbocycles. The molecule has 2 aromatic heterocycles. The van der Waals surface area contributed by atoms with Gasteiger partial charge in [0.05, 0.1) is 12.3 Å². The zero-order chi connectivity index (χ0) is 18.0. The van der Waals surface area contributed by atoms with E-state index in [1.54, 1.807) is 13.1 Å². The molecule has 25 heavy (non-hydrogen) atoms. The van der Waals surface area contributed by atoms with E-state index in [1.165, 1.54) is 0 Å². The van der Waals surface area contributed by atoms with Gasteiger partial charge in [-0.2, -0.15) is 4.98 Å². The van der Waals surface area contributed by atoms with Crippen molar-refractivity contribution in [2.75, 3.05) is 13.1 Å². The normalized spacial score (nSPS) is 16.7. The number of likely N-dealkylation sites (tertiary alicyclic amines) is 1. The highest BCUT2D eigenvalue weighted by molar-refractivity contribution is 5.40. The molecule has 2 N–H and O–H groups in total. The first-order chi connectivity index (χ1) is 12.0. The van der Waals surface area contributed by atoms with Gasteiger partial charge in [-0.3, -0.25) is 9.88 Å². The molecule has 1 saturated heterocycles. The largest absolute Gasteiger partial charge is 0.506 e. The second-order valence-electron chi connectivity index (χ2n) is 7.05. The van der Waals surface area contributed by atoms with E-state index in [-0.39, 0.29) is 18.3 Å². The third-order valence-electron chi connectivity index (χ3n) is 4.89. The van der Waals surface area contributed by atoms with Crippen LogP contribution in [0.5, 0.6) is 5.75 Å². The highest BCUT2D eigenvalue weighted by atomic mass is 16.5. The number of aromatic hydroxyl groups is 1. The van der Waals surface area contributed by atoms with E-state index in [0.29, 0.717) is 23.7 Å². The number of aromatic nitrogens is 3. The maximum atomic E-state index is 10.3. The molecular weight excluding hydrogens is 320 g/mol. The van der Waals surface area contributed by atoms with Gasteiger partial charge >= 0.3 is 0 Å². The van der Waals surface area contributed by atoms with Crippen LogP contribution < -0.4 is 0 Å². The molecule has 0 atom stereocenters. The fraction of sp³-hybridized carbons (Fsp3) is 0.611. The smallest absolute Gasteiger partial charge is 0.229 e. The van der Waals surface area contributed by atoms with Crippen LogP contribution in [0.3, 0.4) is 0 Å². The number of aliphatic hydroxyl groups is 1. The summed E-state index contributed by atoms with van der Waals surface area (Å²) in [5.74, 6) is 2.25. The summed E-state index contributed by atoms with van der Waals surface area (Å²) in [5, 5.41) is 23.8. The molecule has 7 nitrogen and oxygen atoms in total. The summed E-state index contributed by atoms with van der Waals surface area (Å²) in [6.07, 6.45) is 3.53. The number of pyridine rings is 1. The summed E-state index contributed by atoms with van der Waals surface area (Å²) < 4.78 is 5.43. The number of piperidine rings is 1. The molecule has 0 spiro atoms. The summed E-state index contributed by atoms with van der Waals surface area (Å²) >= 11 is 0. The van der Waals surface area contributed by atoms with Gasteiger partial charge < -0.3 is 14.7 Å². The predicted octanol–water partition coefficient (Wildman–Crippen LogP) is 2.47. The quantitative estimate of drug-likeness (QED) is 0.858. The molecule has 0 aliphatic carbocycles. The van der Waals surface area contributed by atoms with Gasteiger partial charge in [0.15, 0.2) is 5.82 Å². The summed E-state index contributed by atoms with van der Waals surface area (Å²) in [5.41, 5.74) is 2.05. The molecule has 1 aliphatic rings. The second-order valence-corrected chi connectivity index (χ2v) is 7.05. The van der Waals surface area contributed by atoms with Gasteiger partial charge in [-0.25, -0.2) is 0 Å². The molecule has 0 unspecified atom stereocenters. The average molecular weight is 346 g/mol. The Labute approximate surface area is 147 Å². The van der Waals surface area contributed by atoms with Crippen LogP contribution in [-0.4, -0.2) is 43.3 Å². The SMILES string of the molecule is Cc1ncc(CO)c(CN2CCC(c3nc(C(C)C)no3)CC2)c1O. The molecule has 0 radical (unpaired) electrons. The van der Waals surface area contributed by atoms with Crippen molar-refractivity contribution in [3.63, 3.8) is 0 Å². The van der Waals surface area contributed by atoms with Crippen LogP contribution in [-0.2, 0) is 13.2 Å². The van der Waals surface area contributed by atoms with Crippen molar-refractivity contribution in [3.05, 3.63) is 34.7 Å². The number of hydrogen-bond acceptors (Lipinski definition) is 7. The lowest BCUT2D eigenvalue weighted by atomic mass is 9.96. The number of aliphatic hydroxyl groups excluding tert-OH is 1. The summed E-state index contributed by atoms with van der Waals surface area (Å²) in [6, 6.07) is 0. The van der Waals surface area contributed by atoms with Gasteiger partial charge in [0.25, 0.3) is 0 Å². The Morgan fingerprint density at radius 1 is 1.32 bits per heavy atom. The first-order valence-corrected chi connectivity index (χ1v) is 8.82. The van der Waals surface area contributed by atoms with E-state index in [9.17, 15) is 10.2 Å². The van der Waals surface area contributed by atoms with Gasteiger partial charge in [0, 0.05) is 35.7 Å². The fourth-order valence-electron chi connectivity index (χ4n) is 3.21. The van der Waals surface area contributed by atoms with Gasteiger partial charge in [-0.05, 0) is 32.9 Å². The Morgan fingerprint density at radius 3 is 2.64 bits per heavy atom. The molecule has 2 aromatic rings. The van der Waals surface area contributed by atoms with Crippen LogP contribution in [0.1, 0.15) is 67.1 Å². The Balaban J connectivity index is 1.64. The van der Waals surface area contributed by atoms with Crippen LogP contribution in [0.2, 0.25) is 0 Å². The molecular formula is C18H26N4O3. The van der Waals surface area contributed by atoms with E-state index < -0.39 is 0 Å². The fourth-order valence-corrected chi connectivity index (χ4v) is 3.21. The Morgan fingerprint density at radius 2 is 2.04 bits per heavy atom. The highest BCUT2D eigenvalue weighted by Crippen LogP contribution is 2.31. The van der Waals surface area contributed by atoms with Crippen LogP contribution in [0.15, 0.2) is 10.7 Å². The standard InChI is InChI=1S/C18H26N4O3/c1-11(2)17-20-18(25-21-17)13-4-6-22(7-5-13)9-15-14(10-23)8-19-12(3)16(15)24/h8,11,13,23-24H,4-7,9-10H2,1-3H3. The van der Waals surface area contributed by atoms with Crippen molar-refractivity contribution < 1.29 is 14.7 Å². The lowest BCUT2D eigenvalue weighted by Crippen LogP contribution is -2.33.